The topological polar surface area (TPSA) is 78.1 Å². The van der Waals surface area contributed by atoms with Gasteiger partial charge in [-0.25, -0.2) is 9.78 Å². The predicted molar refractivity (Wildman–Crippen MR) is 63.2 cm³/mol. The van der Waals surface area contributed by atoms with Crippen LogP contribution in [0.5, 0.6) is 0 Å². The number of rotatable bonds is 2. The van der Waals surface area contributed by atoms with Gasteiger partial charge in [0.25, 0.3) is 0 Å². The number of hydrogen-bond acceptors (Lipinski definition) is 5. The summed E-state index contributed by atoms with van der Waals surface area (Å²) in [5, 5.41) is 0. The number of carbonyl (C=O) groups is 1. The fourth-order valence-corrected chi connectivity index (χ4v) is 1.45. The third-order valence-corrected chi connectivity index (χ3v) is 2.31. The zero-order valence-electron chi connectivity index (χ0n) is 9.25. The minimum atomic E-state index is -0.372. The Bertz CT molecular complexity index is 538. The molecule has 0 unspecified atom stereocenters. The molecule has 1 heterocycles. The summed E-state index contributed by atoms with van der Waals surface area (Å²) in [5.74, 6) is -0.0121. The van der Waals surface area contributed by atoms with E-state index in [0.29, 0.717) is 17.1 Å². The number of hydrogen-bond donors (Lipinski definition) is 1. The summed E-state index contributed by atoms with van der Waals surface area (Å²) in [7, 11) is 1.34. The summed E-state index contributed by atoms with van der Waals surface area (Å²) in [5.41, 5.74) is 7.61. The van der Waals surface area contributed by atoms with Crippen LogP contribution in [0.25, 0.3) is 11.3 Å². The molecule has 2 rings (SSSR count). The van der Waals surface area contributed by atoms with E-state index in [0.717, 1.165) is 5.56 Å². The van der Waals surface area contributed by atoms with Gasteiger partial charge in [-0.2, -0.15) is 0 Å². The van der Waals surface area contributed by atoms with Gasteiger partial charge in [0, 0.05) is 18.0 Å². The number of methoxy groups -OCH3 is 1. The Morgan fingerprint density at radius 2 is 1.82 bits per heavy atom. The highest BCUT2D eigenvalue weighted by molar-refractivity contribution is 5.90. The summed E-state index contributed by atoms with van der Waals surface area (Å²) in [6.07, 6.45) is 3.10. The van der Waals surface area contributed by atoms with Crippen LogP contribution in [0.1, 0.15) is 10.4 Å². The average Bonchev–Trinajstić information content (AvgIpc) is 2.39. The largest absolute Gasteiger partial charge is 0.465 e. The molecule has 0 aliphatic rings. The second-order valence-electron chi connectivity index (χ2n) is 3.36. The highest BCUT2D eigenvalue weighted by atomic mass is 16.5. The smallest absolute Gasteiger partial charge is 0.337 e. The van der Waals surface area contributed by atoms with E-state index in [-0.39, 0.29) is 5.97 Å². The first-order valence-corrected chi connectivity index (χ1v) is 4.97. The molecule has 0 aliphatic carbocycles. The monoisotopic (exact) mass is 229 g/mol. The zero-order valence-corrected chi connectivity index (χ0v) is 9.25. The zero-order chi connectivity index (χ0) is 12.3. The van der Waals surface area contributed by atoms with E-state index in [1.807, 2.05) is 0 Å². The molecule has 0 radical (unpaired) electrons. The van der Waals surface area contributed by atoms with Crippen LogP contribution in [0.4, 0.5) is 5.82 Å². The van der Waals surface area contributed by atoms with Gasteiger partial charge in [0.05, 0.1) is 12.7 Å². The molecule has 0 saturated heterocycles. The summed E-state index contributed by atoms with van der Waals surface area (Å²) in [6.45, 7) is 0. The number of aromatic nitrogens is 2. The Kier molecular flexibility index (Phi) is 3.00. The molecule has 0 bridgehead atoms. The van der Waals surface area contributed by atoms with Crippen molar-refractivity contribution in [3.63, 3.8) is 0 Å². The Hall–Kier alpha value is -2.43. The second-order valence-corrected chi connectivity index (χ2v) is 3.36. The highest BCUT2D eigenvalue weighted by Crippen LogP contribution is 2.21. The fraction of sp³-hybridized carbons (Fsp3) is 0.0833. The lowest BCUT2D eigenvalue weighted by atomic mass is 10.1. The molecule has 0 fully saturated rings. The molecule has 2 aromatic rings. The minimum absolute atomic E-state index is 0.360. The summed E-state index contributed by atoms with van der Waals surface area (Å²) in [6, 6.07) is 6.84. The lowest BCUT2D eigenvalue weighted by Gasteiger charge is -2.04. The Morgan fingerprint density at radius 1 is 1.18 bits per heavy atom. The van der Waals surface area contributed by atoms with Crippen molar-refractivity contribution in [3.05, 3.63) is 42.2 Å². The molecule has 5 heteroatoms. The Morgan fingerprint density at radius 3 is 2.41 bits per heavy atom. The van der Waals surface area contributed by atoms with Crippen molar-refractivity contribution in [3.8, 4) is 11.3 Å². The van der Waals surface area contributed by atoms with Crippen molar-refractivity contribution >= 4 is 11.8 Å². The van der Waals surface area contributed by atoms with E-state index in [4.69, 9.17) is 5.73 Å². The maximum atomic E-state index is 11.3. The number of esters is 1. The van der Waals surface area contributed by atoms with E-state index < -0.39 is 0 Å². The molecule has 0 spiro atoms. The van der Waals surface area contributed by atoms with E-state index in [9.17, 15) is 4.79 Å². The minimum Gasteiger partial charge on any atom is -0.465 e. The van der Waals surface area contributed by atoms with Gasteiger partial charge in [-0.15, -0.1) is 0 Å². The Labute approximate surface area is 98.3 Å². The SMILES string of the molecule is COC(=O)c1ccc(-c2nccnc2N)cc1. The number of nitrogens with zero attached hydrogens (tertiary/aromatic N) is 2. The van der Waals surface area contributed by atoms with Crippen molar-refractivity contribution in [1.82, 2.24) is 9.97 Å². The molecule has 0 aliphatic heterocycles. The van der Waals surface area contributed by atoms with E-state index in [1.54, 1.807) is 30.5 Å². The number of ether oxygens (including phenoxy) is 1. The van der Waals surface area contributed by atoms with Crippen LogP contribution in [0.2, 0.25) is 0 Å². The molecule has 5 nitrogen and oxygen atoms in total. The van der Waals surface area contributed by atoms with Gasteiger partial charge < -0.3 is 10.5 Å². The molecule has 0 saturated carbocycles. The maximum Gasteiger partial charge on any atom is 0.337 e. The van der Waals surface area contributed by atoms with E-state index in [1.165, 1.54) is 13.3 Å². The van der Waals surface area contributed by atoms with Gasteiger partial charge in [0.15, 0.2) is 0 Å². The van der Waals surface area contributed by atoms with Crippen molar-refractivity contribution < 1.29 is 9.53 Å². The molecule has 0 atom stereocenters. The number of carbonyl (C=O) groups excluding carboxylic acids is 1. The van der Waals surface area contributed by atoms with E-state index in [2.05, 4.69) is 14.7 Å². The quantitative estimate of drug-likeness (QED) is 0.790. The number of benzene rings is 1. The molecule has 86 valence electrons. The van der Waals surface area contributed by atoms with Crippen LogP contribution in [0.15, 0.2) is 36.7 Å². The lowest BCUT2D eigenvalue weighted by Crippen LogP contribution is -2.01. The molecular weight excluding hydrogens is 218 g/mol. The van der Waals surface area contributed by atoms with Crippen LogP contribution in [0.3, 0.4) is 0 Å². The maximum absolute atomic E-state index is 11.3. The molecule has 0 amide bonds. The number of nitrogens with two attached hydrogens (primary N) is 1. The van der Waals surface area contributed by atoms with Crippen molar-refractivity contribution in [2.75, 3.05) is 12.8 Å². The molecule has 1 aromatic carbocycles. The van der Waals surface area contributed by atoms with E-state index >= 15 is 0 Å². The van der Waals surface area contributed by atoms with Gasteiger partial charge in [-0.05, 0) is 12.1 Å². The van der Waals surface area contributed by atoms with Crippen molar-refractivity contribution in [2.24, 2.45) is 0 Å². The van der Waals surface area contributed by atoms with Crippen molar-refractivity contribution in [1.29, 1.82) is 0 Å². The van der Waals surface area contributed by atoms with Gasteiger partial charge in [0.1, 0.15) is 11.5 Å². The fourth-order valence-electron chi connectivity index (χ4n) is 1.45. The van der Waals surface area contributed by atoms with Crippen molar-refractivity contribution in [2.45, 2.75) is 0 Å². The highest BCUT2D eigenvalue weighted by Gasteiger charge is 2.07. The van der Waals surface area contributed by atoms with Gasteiger partial charge in [0.2, 0.25) is 0 Å². The van der Waals surface area contributed by atoms with Gasteiger partial charge in [-0.1, -0.05) is 12.1 Å². The standard InChI is InChI=1S/C12H11N3O2/c1-17-12(16)9-4-2-8(3-5-9)10-11(13)15-7-6-14-10/h2-7H,1H3,(H2,13,15). The van der Waals surface area contributed by atoms with Crippen LogP contribution in [-0.4, -0.2) is 23.0 Å². The van der Waals surface area contributed by atoms with Gasteiger partial charge >= 0.3 is 5.97 Å². The first-order chi connectivity index (χ1) is 8.22. The average molecular weight is 229 g/mol. The van der Waals surface area contributed by atoms with Crippen LogP contribution >= 0.6 is 0 Å². The molecule has 17 heavy (non-hydrogen) atoms. The van der Waals surface area contributed by atoms with Crippen LogP contribution in [0, 0.1) is 0 Å². The first kappa shape index (κ1) is 11.1. The normalized spacial score (nSPS) is 9.94. The molecular formula is C12H11N3O2. The first-order valence-electron chi connectivity index (χ1n) is 4.97. The Balaban J connectivity index is 2.36. The number of anilines is 1. The summed E-state index contributed by atoms with van der Waals surface area (Å²) < 4.78 is 4.61. The molecule has 2 N–H and O–H groups in total. The summed E-state index contributed by atoms with van der Waals surface area (Å²) in [4.78, 5) is 19.3. The second kappa shape index (κ2) is 4.61. The number of nitrogen functional groups attached to an aromatic ring is 1. The van der Waals surface area contributed by atoms with Crippen LogP contribution < -0.4 is 5.73 Å². The van der Waals surface area contributed by atoms with Crippen LogP contribution in [-0.2, 0) is 4.74 Å². The summed E-state index contributed by atoms with van der Waals surface area (Å²) >= 11 is 0. The third kappa shape index (κ3) is 2.23. The lowest BCUT2D eigenvalue weighted by molar-refractivity contribution is 0.0601. The molecule has 1 aromatic heterocycles. The third-order valence-electron chi connectivity index (χ3n) is 2.31. The van der Waals surface area contributed by atoms with Gasteiger partial charge in [-0.3, -0.25) is 4.98 Å². The predicted octanol–water partition coefficient (Wildman–Crippen LogP) is 1.51.